The number of anilines is 3. The molecule has 2 amide bonds. The Morgan fingerprint density at radius 3 is 2.73 bits per heavy atom. The van der Waals surface area contributed by atoms with Crippen molar-refractivity contribution in [2.45, 2.75) is 17.4 Å². The lowest BCUT2D eigenvalue weighted by Gasteiger charge is -2.17. The highest BCUT2D eigenvalue weighted by Crippen LogP contribution is 2.26. The van der Waals surface area contributed by atoms with Crippen LogP contribution in [0.4, 0.5) is 21.3 Å². The minimum Gasteiger partial charge on any atom is -0.497 e. The average molecular weight is 493 g/mol. The van der Waals surface area contributed by atoms with Gasteiger partial charge in [-0.3, -0.25) is 14.8 Å². The molecule has 0 bridgehead atoms. The molecule has 1 saturated heterocycles. The number of rotatable bonds is 7. The highest BCUT2D eigenvalue weighted by molar-refractivity contribution is 7.93. The summed E-state index contributed by atoms with van der Waals surface area (Å²) in [6.07, 6.45) is 0.125. The van der Waals surface area contributed by atoms with Crippen molar-refractivity contribution in [3.05, 3.63) is 60.1 Å². The molecule has 0 aliphatic carbocycles. The van der Waals surface area contributed by atoms with E-state index in [4.69, 9.17) is 9.47 Å². The molecule has 2 aromatic carbocycles. The Kier molecular flexibility index (Phi) is 6.47. The first-order valence-electron chi connectivity index (χ1n) is 9.81. The largest absolute Gasteiger partial charge is 0.497 e. The number of hydrogen-bond donors (Lipinski definition) is 2. The topological polar surface area (TPSA) is 127 Å². The maximum Gasteiger partial charge on any atom is 0.412 e. The van der Waals surface area contributed by atoms with Crippen LogP contribution in [0.2, 0.25) is 0 Å². The Morgan fingerprint density at radius 2 is 2.03 bits per heavy atom. The number of nitrogens with zero attached hydrogens (tertiary/aromatic N) is 2. The molecule has 2 N–H and O–H groups in total. The fourth-order valence-corrected chi connectivity index (χ4v) is 5.04. The number of hydrogen-bond acceptors (Lipinski definition) is 8. The monoisotopic (exact) mass is 492 g/mol. The van der Waals surface area contributed by atoms with E-state index in [0.717, 1.165) is 0 Å². The Balaban J connectivity index is 0.00000216. The zero-order valence-corrected chi connectivity index (χ0v) is 19.1. The molecule has 0 unspecified atom stereocenters. The van der Waals surface area contributed by atoms with E-state index >= 15 is 0 Å². The smallest absolute Gasteiger partial charge is 0.412 e. The number of thiazole rings is 1. The number of methoxy groups -OCH3 is 1. The van der Waals surface area contributed by atoms with Crippen molar-refractivity contribution in [3.8, 4) is 5.75 Å². The molecule has 1 fully saturated rings. The van der Waals surface area contributed by atoms with Gasteiger partial charge >= 0.3 is 6.09 Å². The van der Waals surface area contributed by atoms with Gasteiger partial charge in [-0.05, 0) is 36.4 Å². The van der Waals surface area contributed by atoms with E-state index in [9.17, 15) is 18.0 Å². The zero-order chi connectivity index (χ0) is 23.4. The first-order chi connectivity index (χ1) is 15.9. The van der Waals surface area contributed by atoms with Crippen LogP contribution in [0.5, 0.6) is 5.75 Å². The number of ether oxygens (including phenoxy) is 2. The molecular weight excluding hydrogens is 468 g/mol. The third kappa shape index (κ3) is 5.23. The SMILES string of the molecule is COc1cccc(NC(=O)O[C@H]2CCN(c3ccc(S(=O)(=O)Nc4nccs4)cc3)C2=O)c1.[HH].[HH]. The Labute approximate surface area is 197 Å². The minimum absolute atomic E-state index is 0. The number of carbonyl (C=O) groups excluding carboxylic acids is 2. The van der Waals surface area contributed by atoms with Crippen molar-refractivity contribution in [2.24, 2.45) is 0 Å². The second-order valence-electron chi connectivity index (χ2n) is 6.97. The predicted molar refractivity (Wildman–Crippen MR) is 127 cm³/mol. The molecule has 1 aliphatic rings. The van der Waals surface area contributed by atoms with Gasteiger partial charge in [-0.15, -0.1) is 11.3 Å². The summed E-state index contributed by atoms with van der Waals surface area (Å²) in [7, 11) is -2.27. The Bertz CT molecular complexity index is 1260. The molecule has 0 spiro atoms. The van der Waals surface area contributed by atoms with Crippen molar-refractivity contribution in [1.29, 1.82) is 0 Å². The van der Waals surface area contributed by atoms with Gasteiger partial charge in [0.1, 0.15) is 5.75 Å². The first-order valence-corrected chi connectivity index (χ1v) is 12.2. The van der Waals surface area contributed by atoms with E-state index in [2.05, 4.69) is 15.0 Å². The minimum atomic E-state index is -3.79. The van der Waals surface area contributed by atoms with Gasteiger partial charge in [0.25, 0.3) is 15.9 Å². The molecule has 4 rings (SSSR count). The van der Waals surface area contributed by atoms with Crippen LogP contribution < -0.4 is 19.7 Å². The summed E-state index contributed by atoms with van der Waals surface area (Å²) >= 11 is 1.17. The summed E-state index contributed by atoms with van der Waals surface area (Å²) in [5.41, 5.74) is 0.984. The van der Waals surface area contributed by atoms with E-state index in [1.807, 2.05) is 0 Å². The summed E-state index contributed by atoms with van der Waals surface area (Å²) < 4.78 is 37.7. The maximum atomic E-state index is 12.8. The molecule has 1 aromatic heterocycles. The normalized spacial score (nSPS) is 15.8. The van der Waals surface area contributed by atoms with Gasteiger partial charge in [-0.1, -0.05) is 6.07 Å². The Morgan fingerprint density at radius 1 is 1.24 bits per heavy atom. The van der Waals surface area contributed by atoms with Crippen molar-refractivity contribution in [1.82, 2.24) is 4.98 Å². The van der Waals surface area contributed by atoms with Gasteiger partial charge in [0.05, 0.1) is 12.0 Å². The zero-order valence-electron chi connectivity index (χ0n) is 17.4. The summed E-state index contributed by atoms with van der Waals surface area (Å²) in [6, 6.07) is 12.6. The van der Waals surface area contributed by atoms with E-state index in [-0.39, 0.29) is 18.8 Å². The quantitative estimate of drug-likeness (QED) is 0.514. The highest BCUT2D eigenvalue weighted by Gasteiger charge is 2.35. The Hall–Kier alpha value is -3.64. The molecule has 2 heterocycles. The van der Waals surface area contributed by atoms with E-state index in [1.54, 1.807) is 29.6 Å². The van der Waals surface area contributed by atoms with Crippen LogP contribution in [-0.4, -0.2) is 45.2 Å². The van der Waals surface area contributed by atoms with Gasteiger partial charge in [-0.25, -0.2) is 18.2 Å². The van der Waals surface area contributed by atoms with Gasteiger partial charge in [0.15, 0.2) is 11.2 Å². The number of benzene rings is 2. The molecule has 176 valence electrons. The molecule has 0 radical (unpaired) electrons. The summed E-state index contributed by atoms with van der Waals surface area (Å²) in [6.45, 7) is 0.333. The van der Waals surface area contributed by atoms with Crippen LogP contribution in [0.1, 0.15) is 9.27 Å². The van der Waals surface area contributed by atoms with Crippen LogP contribution in [0.25, 0.3) is 0 Å². The standard InChI is InChI=1S/C21H20N4O6S2.2H2/c1-30-16-4-2-3-14(13-16)23-21(27)31-18-9-11-25(19(18)26)15-5-7-17(8-6-15)33(28,29)24-20-22-10-12-32-20;;/h2-8,10,12-13,18H,9,11H2,1H3,(H,22,24)(H,23,27);2*1H/t18-;;/m0../s1. The number of aromatic nitrogens is 1. The summed E-state index contributed by atoms with van der Waals surface area (Å²) in [5, 5.41) is 4.50. The molecule has 1 aliphatic heterocycles. The van der Waals surface area contributed by atoms with E-state index in [0.29, 0.717) is 30.1 Å². The predicted octanol–water partition coefficient (Wildman–Crippen LogP) is 3.80. The van der Waals surface area contributed by atoms with Gasteiger partial charge < -0.3 is 14.4 Å². The molecular formula is C21H24N4O6S2. The van der Waals surface area contributed by atoms with Crippen molar-refractivity contribution < 1.29 is 30.3 Å². The van der Waals surface area contributed by atoms with Crippen molar-refractivity contribution in [2.75, 3.05) is 28.6 Å². The lowest BCUT2D eigenvalue weighted by atomic mass is 10.3. The van der Waals surface area contributed by atoms with Crippen LogP contribution in [0.3, 0.4) is 0 Å². The molecule has 0 saturated carbocycles. The van der Waals surface area contributed by atoms with Gasteiger partial charge in [0, 0.05) is 44.8 Å². The lowest BCUT2D eigenvalue weighted by molar-refractivity contribution is -0.124. The maximum absolute atomic E-state index is 12.8. The first kappa shape index (κ1) is 22.6. The van der Waals surface area contributed by atoms with Gasteiger partial charge in [0.2, 0.25) is 0 Å². The number of nitrogens with one attached hydrogen (secondary N) is 2. The summed E-state index contributed by atoms with van der Waals surface area (Å²) in [4.78, 5) is 30.4. The fourth-order valence-electron chi connectivity index (χ4n) is 3.25. The molecule has 10 nitrogen and oxygen atoms in total. The second-order valence-corrected chi connectivity index (χ2v) is 9.54. The van der Waals surface area contributed by atoms with E-state index in [1.165, 1.54) is 53.8 Å². The molecule has 1 atom stereocenters. The van der Waals surface area contributed by atoms with Crippen LogP contribution >= 0.6 is 11.3 Å². The van der Waals surface area contributed by atoms with Crippen LogP contribution in [0.15, 0.2) is 65.0 Å². The number of carbonyl (C=O) groups is 2. The van der Waals surface area contributed by atoms with E-state index < -0.39 is 22.2 Å². The lowest BCUT2D eigenvalue weighted by Crippen LogP contribution is -2.33. The van der Waals surface area contributed by atoms with Gasteiger partial charge in [-0.2, -0.15) is 0 Å². The second kappa shape index (κ2) is 9.46. The summed E-state index contributed by atoms with van der Waals surface area (Å²) in [5.74, 6) is 0.190. The fraction of sp³-hybridized carbons (Fsp3) is 0.190. The average Bonchev–Trinajstić information content (AvgIpc) is 3.43. The van der Waals surface area contributed by atoms with Crippen molar-refractivity contribution in [3.63, 3.8) is 0 Å². The number of amides is 2. The van der Waals surface area contributed by atoms with Crippen molar-refractivity contribution >= 4 is 49.9 Å². The molecule has 33 heavy (non-hydrogen) atoms. The van der Waals surface area contributed by atoms with Crippen LogP contribution in [-0.2, 0) is 19.6 Å². The third-order valence-electron chi connectivity index (χ3n) is 4.83. The van der Waals surface area contributed by atoms with Crippen LogP contribution in [0, 0.1) is 0 Å². The number of sulfonamides is 1. The molecule has 3 aromatic rings. The molecule has 12 heteroatoms. The third-order valence-corrected chi connectivity index (χ3v) is 7.01. The highest BCUT2D eigenvalue weighted by atomic mass is 32.2.